The van der Waals surface area contributed by atoms with E-state index in [1.807, 2.05) is 47.5 Å². The summed E-state index contributed by atoms with van der Waals surface area (Å²) in [5.74, 6) is 0. The monoisotopic (exact) mass is 422 g/mol. The van der Waals surface area contributed by atoms with Crippen LogP contribution in [0, 0.1) is 0 Å². The fraction of sp³-hybridized carbons (Fsp3) is 0.421. The lowest BCUT2D eigenvalue weighted by molar-refractivity contribution is 0.0792. The van der Waals surface area contributed by atoms with E-state index in [4.69, 9.17) is 4.74 Å². The highest BCUT2D eigenvalue weighted by Crippen LogP contribution is 2.23. The SMILES string of the molecule is CC(NC(=O)N(Cc1cccs1)CC1CCCO1)c1ccccc1Br. The number of carbonyl (C=O) groups excluding carboxylic acids is 1. The molecule has 1 aromatic heterocycles. The number of ether oxygens (including phenoxy) is 1. The van der Waals surface area contributed by atoms with E-state index in [0.717, 1.165) is 29.5 Å². The summed E-state index contributed by atoms with van der Waals surface area (Å²) >= 11 is 5.23. The number of hydrogen-bond acceptors (Lipinski definition) is 3. The van der Waals surface area contributed by atoms with Crippen molar-refractivity contribution in [1.29, 1.82) is 0 Å². The summed E-state index contributed by atoms with van der Waals surface area (Å²) < 4.78 is 6.74. The van der Waals surface area contributed by atoms with Crippen LogP contribution in [0.25, 0.3) is 0 Å². The van der Waals surface area contributed by atoms with Gasteiger partial charge in [0.05, 0.1) is 18.7 Å². The van der Waals surface area contributed by atoms with Crippen molar-refractivity contribution >= 4 is 33.3 Å². The Balaban J connectivity index is 1.68. The molecule has 0 saturated carbocycles. The summed E-state index contributed by atoms with van der Waals surface area (Å²) in [6.45, 7) is 4.05. The topological polar surface area (TPSA) is 41.6 Å². The van der Waals surface area contributed by atoms with Gasteiger partial charge in [-0.15, -0.1) is 11.3 Å². The molecule has 1 aliphatic rings. The third-order valence-electron chi connectivity index (χ3n) is 4.37. The lowest BCUT2D eigenvalue weighted by Gasteiger charge is -2.27. The summed E-state index contributed by atoms with van der Waals surface area (Å²) in [6.07, 6.45) is 2.24. The van der Waals surface area contributed by atoms with Gasteiger partial charge >= 0.3 is 6.03 Å². The summed E-state index contributed by atoms with van der Waals surface area (Å²) in [5, 5.41) is 5.17. The van der Waals surface area contributed by atoms with E-state index in [9.17, 15) is 4.79 Å². The first-order chi connectivity index (χ1) is 12.1. The molecule has 0 spiro atoms. The van der Waals surface area contributed by atoms with Gasteiger partial charge in [-0.1, -0.05) is 40.2 Å². The van der Waals surface area contributed by atoms with E-state index in [1.54, 1.807) is 11.3 Å². The predicted molar refractivity (Wildman–Crippen MR) is 105 cm³/mol. The maximum Gasteiger partial charge on any atom is 0.318 e. The Bertz CT molecular complexity index is 686. The van der Waals surface area contributed by atoms with E-state index in [2.05, 4.69) is 27.3 Å². The van der Waals surface area contributed by atoms with Crippen LogP contribution < -0.4 is 5.32 Å². The van der Waals surface area contributed by atoms with Gasteiger partial charge in [0, 0.05) is 22.5 Å². The van der Waals surface area contributed by atoms with Gasteiger partial charge in [-0.3, -0.25) is 0 Å². The molecule has 2 heterocycles. The Morgan fingerprint density at radius 1 is 1.40 bits per heavy atom. The van der Waals surface area contributed by atoms with Crippen LogP contribution in [-0.2, 0) is 11.3 Å². The molecule has 1 aromatic carbocycles. The Morgan fingerprint density at radius 2 is 2.24 bits per heavy atom. The molecule has 3 rings (SSSR count). The molecule has 0 bridgehead atoms. The van der Waals surface area contributed by atoms with Gasteiger partial charge in [0.15, 0.2) is 0 Å². The van der Waals surface area contributed by atoms with Crippen LogP contribution in [0.2, 0.25) is 0 Å². The van der Waals surface area contributed by atoms with Crippen molar-refractivity contribution in [2.45, 2.75) is 38.5 Å². The molecule has 1 N–H and O–H groups in total. The van der Waals surface area contributed by atoms with Crippen LogP contribution in [0.4, 0.5) is 4.79 Å². The predicted octanol–water partition coefficient (Wildman–Crippen LogP) is 4.96. The second-order valence-electron chi connectivity index (χ2n) is 6.29. The molecule has 1 aliphatic heterocycles. The van der Waals surface area contributed by atoms with Crippen LogP contribution >= 0.6 is 27.3 Å². The van der Waals surface area contributed by atoms with Gasteiger partial charge < -0.3 is 15.0 Å². The first-order valence-electron chi connectivity index (χ1n) is 8.57. The van der Waals surface area contributed by atoms with Crippen LogP contribution in [0.15, 0.2) is 46.3 Å². The molecular formula is C19H23BrN2O2S. The zero-order valence-corrected chi connectivity index (χ0v) is 16.7. The van der Waals surface area contributed by atoms with Gasteiger partial charge in [0.1, 0.15) is 0 Å². The fourth-order valence-corrected chi connectivity index (χ4v) is 4.37. The number of hydrogen-bond donors (Lipinski definition) is 1. The quantitative estimate of drug-likeness (QED) is 0.714. The van der Waals surface area contributed by atoms with Crippen LogP contribution in [0.5, 0.6) is 0 Å². The summed E-state index contributed by atoms with van der Waals surface area (Å²) in [6, 6.07) is 11.9. The summed E-state index contributed by atoms with van der Waals surface area (Å²) in [4.78, 5) is 16.0. The number of nitrogens with one attached hydrogen (secondary N) is 1. The molecule has 4 nitrogen and oxygen atoms in total. The molecule has 2 amide bonds. The number of urea groups is 1. The number of halogens is 1. The number of nitrogens with zero attached hydrogens (tertiary/aromatic N) is 1. The lowest BCUT2D eigenvalue weighted by Crippen LogP contribution is -2.44. The van der Waals surface area contributed by atoms with E-state index < -0.39 is 0 Å². The Morgan fingerprint density at radius 3 is 2.92 bits per heavy atom. The molecule has 1 saturated heterocycles. The molecule has 0 radical (unpaired) electrons. The second kappa shape index (κ2) is 8.83. The lowest BCUT2D eigenvalue weighted by atomic mass is 10.1. The van der Waals surface area contributed by atoms with Crippen LogP contribution in [0.3, 0.4) is 0 Å². The van der Waals surface area contributed by atoms with E-state index in [0.29, 0.717) is 13.1 Å². The first kappa shape index (κ1) is 18.4. The van der Waals surface area contributed by atoms with Gasteiger partial charge in [-0.05, 0) is 42.8 Å². The largest absolute Gasteiger partial charge is 0.376 e. The third-order valence-corrected chi connectivity index (χ3v) is 5.96. The van der Waals surface area contributed by atoms with Crippen molar-refractivity contribution in [3.05, 3.63) is 56.7 Å². The van der Waals surface area contributed by atoms with Crippen molar-refractivity contribution in [2.24, 2.45) is 0 Å². The number of benzene rings is 1. The number of carbonyl (C=O) groups is 1. The Hall–Kier alpha value is -1.37. The second-order valence-corrected chi connectivity index (χ2v) is 8.17. The van der Waals surface area contributed by atoms with Crippen molar-refractivity contribution in [2.75, 3.05) is 13.2 Å². The fourth-order valence-electron chi connectivity index (χ4n) is 3.02. The highest BCUT2D eigenvalue weighted by atomic mass is 79.9. The van der Waals surface area contributed by atoms with E-state index >= 15 is 0 Å². The van der Waals surface area contributed by atoms with Crippen molar-refractivity contribution < 1.29 is 9.53 Å². The zero-order chi connectivity index (χ0) is 17.6. The normalized spacial score (nSPS) is 18.1. The number of thiophene rings is 1. The molecule has 2 aromatic rings. The Kier molecular flexibility index (Phi) is 6.51. The van der Waals surface area contributed by atoms with E-state index in [-0.39, 0.29) is 18.2 Å². The molecule has 2 atom stereocenters. The van der Waals surface area contributed by atoms with Gasteiger partial charge in [0.25, 0.3) is 0 Å². The maximum atomic E-state index is 12.9. The number of rotatable bonds is 6. The molecule has 25 heavy (non-hydrogen) atoms. The molecular weight excluding hydrogens is 400 g/mol. The van der Waals surface area contributed by atoms with E-state index in [1.165, 1.54) is 4.88 Å². The molecule has 2 unspecified atom stereocenters. The third kappa shape index (κ3) is 5.06. The maximum absolute atomic E-state index is 12.9. The van der Waals surface area contributed by atoms with Gasteiger partial charge in [-0.2, -0.15) is 0 Å². The summed E-state index contributed by atoms with van der Waals surface area (Å²) in [5.41, 5.74) is 1.07. The van der Waals surface area contributed by atoms with Crippen LogP contribution in [0.1, 0.15) is 36.2 Å². The smallest absolute Gasteiger partial charge is 0.318 e. The minimum absolute atomic E-state index is 0.0489. The minimum Gasteiger partial charge on any atom is -0.376 e. The van der Waals surface area contributed by atoms with Crippen molar-refractivity contribution in [3.8, 4) is 0 Å². The number of amides is 2. The van der Waals surface area contributed by atoms with Crippen molar-refractivity contribution in [3.63, 3.8) is 0 Å². The molecule has 134 valence electrons. The van der Waals surface area contributed by atoms with Crippen LogP contribution in [-0.4, -0.2) is 30.2 Å². The average Bonchev–Trinajstić information content (AvgIpc) is 3.28. The van der Waals surface area contributed by atoms with Gasteiger partial charge in [-0.25, -0.2) is 4.79 Å². The standard InChI is InChI=1S/C19H23BrN2O2S/c1-14(17-8-2-3-9-18(17)20)21-19(23)22(12-15-6-4-10-24-15)13-16-7-5-11-25-16/h2-3,5,7-9,11,14-15H,4,6,10,12-13H2,1H3,(H,21,23). The average molecular weight is 423 g/mol. The molecule has 1 fully saturated rings. The first-order valence-corrected chi connectivity index (χ1v) is 10.2. The summed E-state index contributed by atoms with van der Waals surface area (Å²) in [7, 11) is 0. The highest BCUT2D eigenvalue weighted by molar-refractivity contribution is 9.10. The molecule has 6 heteroatoms. The van der Waals surface area contributed by atoms with Gasteiger partial charge in [0.2, 0.25) is 0 Å². The Labute approximate surface area is 161 Å². The minimum atomic E-state index is -0.0709. The van der Waals surface area contributed by atoms with Crippen molar-refractivity contribution in [1.82, 2.24) is 10.2 Å². The zero-order valence-electron chi connectivity index (χ0n) is 14.3. The highest BCUT2D eigenvalue weighted by Gasteiger charge is 2.24. The molecule has 0 aliphatic carbocycles.